The molecule has 0 saturated heterocycles. The number of nitriles is 1. The van der Waals surface area contributed by atoms with E-state index in [0.717, 1.165) is 35.9 Å². The zero-order chi connectivity index (χ0) is 21.4. The van der Waals surface area contributed by atoms with E-state index in [2.05, 4.69) is 45.8 Å². The molecule has 1 aliphatic carbocycles. The number of likely N-dealkylation sites (N-methyl/N-ethyl adjacent to an activating group) is 1. The van der Waals surface area contributed by atoms with Crippen LogP contribution in [-0.2, 0) is 0 Å². The summed E-state index contributed by atoms with van der Waals surface area (Å²) in [4.78, 5) is 15.6. The highest BCUT2D eigenvalue weighted by atomic mass is 16.3. The number of nitrogens with zero attached hydrogens (tertiary/aromatic N) is 5. The molecule has 1 saturated carbocycles. The van der Waals surface area contributed by atoms with Gasteiger partial charge >= 0.3 is 0 Å². The first-order valence-corrected chi connectivity index (χ1v) is 10.3. The van der Waals surface area contributed by atoms with E-state index < -0.39 is 6.23 Å². The summed E-state index contributed by atoms with van der Waals surface area (Å²) >= 11 is 0. The molecule has 158 valence electrons. The summed E-state index contributed by atoms with van der Waals surface area (Å²) in [6.07, 6.45) is 2.79. The van der Waals surface area contributed by atoms with Crippen molar-refractivity contribution in [2.75, 3.05) is 27.9 Å². The molecular formula is C21H28N8O. The van der Waals surface area contributed by atoms with E-state index in [0.29, 0.717) is 17.6 Å². The molecule has 1 fully saturated rings. The second-order valence-electron chi connectivity index (χ2n) is 8.46. The fourth-order valence-corrected chi connectivity index (χ4v) is 4.24. The average Bonchev–Trinajstić information content (AvgIpc) is 2.67. The molecule has 0 bridgehead atoms. The van der Waals surface area contributed by atoms with Crippen molar-refractivity contribution in [1.29, 1.82) is 5.26 Å². The van der Waals surface area contributed by atoms with Gasteiger partial charge in [0, 0.05) is 25.3 Å². The van der Waals surface area contributed by atoms with E-state index in [1.807, 2.05) is 24.9 Å². The molecule has 1 unspecified atom stereocenters. The van der Waals surface area contributed by atoms with Crippen molar-refractivity contribution >= 4 is 23.3 Å². The van der Waals surface area contributed by atoms with Gasteiger partial charge in [-0.2, -0.15) is 10.2 Å². The zero-order valence-electron chi connectivity index (χ0n) is 17.7. The molecule has 0 aromatic carbocycles. The van der Waals surface area contributed by atoms with Crippen molar-refractivity contribution in [3.63, 3.8) is 0 Å². The molecule has 2 aromatic rings. The number of hydrogen-bond donors (Lipinski definition) is 4. The number of fused-ring (bicyclic) bond motifs is 1. The molecule has 9 heteroatoms. The lowest BCUT2D eigenvalue weighted by atomic mass is 9.87. The Morgan fingerprint density at radius 3 is 2.60 bits per heavy atom. The Balaban J connectivity index is 1.39. The third-order valence-electron chi connectivity index (χ3n) is 5.87. The standard InChI is InChI=1S/C21H28N8O/c1-11(2)18-20(30)27-17-12(3)24-21(28-19(17)29(18)4)26-15-7-14(8-15)25-16-6-5-13(9-22)10-23-16/h5-6,10-11,14-15,18,20,27,30H,7-8H2,1-4H3,(H,23,25)(H,24,26,28)/t14-,15+,18-,20?/m0/s1. The van der Waals surface area contributed by atoms with Gasteiger partial charge in [-0.25, -0.2) is 9.97 Å². The normalized spacial score (nSPS) is 25.0. The summed E-state index contributed by atoms with van der Waals surface area (Å²) in [5.74, 6) is 2.47. The number of nitrogens with one attached hydrogen (secondary N) is 3. The molecule has 0 radical (unpaired) electrons. The van der Waals surface area contributed by atoms with Gasteiger partial charge in [-0.05, 0) is 37.8 Å². The Kier molecular flexibility index (Phi) is 5.35. The smallest absolute Gasteiger partial charge is 0.225 e. The van der Waals surface area contributed by atoms with Gasteiger partial charge in [-0.1, -0.05) is 13.8 Å². The predicted molar refractivity (Wildman–Crippen MR) is 116 cm³/mol. The molecule has 9 nitrogen and oxygen atoms in total. The van der Waals surface area contributed by atoms with Crippen molar-refractivity contribution < 1.29 is 5.11 Å². The van der Waals surface area contributed by atoms with Gasteiger partial charge in [0.15, 0.2) is 5.82 Å². The van der Waals surface area contributed by atoms with Crippen LogP contribution in [0.25, 0.3) is 0 Å². The van der Waals surface area contributed by atoms with Gasteiger partial charge < -0.3 is 26.0 Å². The quantitative estimate of drug-likeness (QED) is 0.590. The van der Waals surface area contributed by atoms with Crippen LogP contribution in [0.15, 0.2) is 18.3 Å². The van der Waals surface area contributed by atoms with Gasteiger partial charge in [0.2, 0.25) is 5.95 Å². The van der Waals surface area contributed by atoms with E-state index in [4.69, 9.17) is 10.2 Å². The Morgan fingerprint density at radius 1 is 1.23 bits per heavy atom. The number of aromatic nitrogens is 3. The number of rotatable bonds is 5. The van der Waals surface area contributed by atoms with Crippen LogP contribution in [0, 0.1) is 24.2 Å². The number of hydrogen-bond acceptors (Lipinski definition) is 9. The van der Waals surface area contributed by atoms with Gasteiger partial charge in [0.1, 0.15) is 23.8 Å². The van der Waals surface area contributed by atoms with Crippen molar-refractivity contribution in [3.05, 3.63) is 29.6 Å². The number of anilines is 4. The second-order valence-corrected chi connectivity index (χ2v) is 8.46. The summed E-state index contributed by atoms with van der Waals surface area (Å²) in [7, 11) is 1.97. The Labute approximate surface area is 176 Å². The van der Waals surface area contributed by atoms with Gasteiger partial charge in [0.25, 0.3) is 0 Å². The Bertz CT molecular complexity index is 949. The third kappa shape index (κ3) is 3.83. The minimum absolute atomic E-state index is 0.0585. The topological polar surface area (TPSA) is 122 Å². The molecular weight excluding hydrogens is 380 g/mol. The molecule has 1 aliphatic heterocycles. The first-order chi connectivity index (χ1) is 14.4. The lowest BCUT2D eigenvalue weighted by molar-refractivity contribution is 0.142. The van der Waals surface area contributed by atoms with Crippen LogP contribution in [-0.4, -0.2) is 51.5 Å². The lowest BCUT2D eigenvalue weighted by Gasteiger charge is -2.42. The monoisotopic (exact) mass is 408 g/mol. The average molecular weight is 409 g/mol. The van der Waals surface area contributed by atoms with Crippen molar-refractivity contribution in [2.45, 2.75) is 58.0 Å². The van der Waals surface area contributed by atoms with E-state index in [9.17, 15) is 5.11 Å². The number of pyridine rings is 1. The molecule has 4 N–H and O–H groups in total. The van der Waals surface area contributed by atoms with Crippen molar-refractivity contribution in [3.8, 4) is 6.07 Å². The highest BCUT2D eigenvalue weighted by Gasteiger charge is 2.36. The SMILES string of the molecule is Cc1nc(N[C@H]2C[C@@H](Nc3ccc(C#N)cn3)C2)nc2c1NC(O)[C@H](C(C)C)N2C. The van der Waals surface area contributed by atoms with Gasteiger partial charge in [-0.3, -0.25) is 0 Å². The molecule has 2 aliphatic rings. The second kappa shape index (κ2) is 7.95. The van der Waals surface area contributed by atoms with Crippen LogP contribution in [0.1, 0.15) is 37.9 Å². The highest BCUT2D eigenvalue weighted by Crippen LogP contribution is 2.36. The largest absolute Gasteiger partial charge is 0.372 e. The fraction of sp³-hybridized carbons (Fsp3) is 0.524. The van der Waals surface area contributed by atoms with Crippen LogP contribution in [0.5, 0.6) is 0 Å². The Morgan fingerprint density at radius 2 is 1.97 bits per heavy atom. The number of aliphatic hydroxyl groups excluding tert-OH is 1. The number of aliphatic hydroxyl groups is 1. The zero-order valence-corrected chi connectivity index (χ0v) is 17.7. The Hall–Kier alpha value is -3.12. The lowest BCUT2D eigenvalue weighted by Crippen LogP contribution is -2.52. The van der Waals surface area contributed by atoms with Crippen LogP contribution in [0.4, 0.5) is 23.3 Å². The fourth-order valence-electron chi connectivity index (χ4n) is 4.24. The van der Waals surface area contributed by atoms with E-state index in [1.54, 1.807) is 12.3 Å². The molecule has 4 rings (SSSR count). The summed E-state index contributed by atoms with van der Waals surface area (Å²) in [5, 5.41) is 29.3. The maximum Gasteiger partial charge on any atom is 0.225 e. The first-order valence-electron chi connectivity index (χ1n) is 10.3. The minimum Gasteiger partial charge on any atom is -0.372 e. The number of aryl methyl sites for hydroxylation is 1. The molecule has 2 atom stereocenters. The van der Waals surface area contributed by atoms with Crippen molar-refractivity contribution in [2.24, 2.45) is 5.92 Å². The summed E-state index contributed by atoms with van der Waals surface area (Å²) in [6.45, 7) is 6.11. The molecule has 3 heterocycles. The summed E-state index contributed by atoms with van der Waals surface area (Å²) < 4.78 is 0. The van der Waals surface area contributed by atoms with Gasteiger partial charge in [-0.15, -0.1) is 0 Å². The van der Waals surface area contributed by atoms with Crippen LogP contribution in [0.3, 0.4) is 0 Å². The summed E-state index contributed by atoms with van der Waals surface area (Å²) in [5.41, 5.74) is 2.15. The van der Waals surface area contributed by atoms with E-state index >= 15 is 0 Å². The predicted octanol–water partition coefficient (Wildman–Crippen LogP) is 2.31. The van der Waals surface area contributed by atoms with Crippen LogP contribution >= 0.6 is 0 Å². The maximum absolute atomic E-state index is 10.5. The molecule has 0 amide bonds. The molecule has 0 spiro atoms. The maximum atomic E-state index is 10.5. The first kappa shape index (κ1) is 20.2. The molecule has 30 heavy (non-hydrogen) atoms. The van der Waals surface area contributed by atoms with Crippen molar-refractivity contribution in [1.82, 2.24) is 15.0 Å². The summed E-state index contributed by atoms with van der Waals surface area (Å²) in [6, 6.07) is 6.22. The minimum atomic E-state index is -0.655. The highest BCUT2D eigenvalue weighted by molar-refractivity contribution is 5.72. The van der Waals surface area contributed by atoms with Gasteiger partial charge in [0.05, 0.1) is 17.3 Å². The third-order valence-corrected chi connectivity index (χ3v) is 5.87. The van der Waals surface area contributed by atoms with Crippen LogP contribution in [0.2, 0.25) is 0 Å². The van der Waals surface area contributed by atoms with Crippen LogP contribution < -0.4 is 20.9 Å². The van der Waals surface area contributed by atoms with E-state index in [1.165, 1.54) is 0 Å². The molecule has 2 aromatic heterocycles. The van der Waals surface area contributed by atoms with E-state index in [-0.39, 0.29) is 18.0 Å².